The van der Waals surface area contributed by atoms with Crippen molar-refractivity contribution >= 4 is 0 Å². The van der Waals surface area contributed by atoms with Crippen LogP contribution in [0, 0.1) is 11.3 Å². The molecule has 2 aromatic rings. The SMILES string of the molecule is COc1ccc(-c2ccc(C#N)c(=O)n2CCO)cc1OC. The summed E-state index contributed by atoms with van der Waals surface area (Å²) in [6, 6.07) is 10.3. The van der Waals surface area contributed by atoms with Crippen LogP contribution in [0.5, 0.6) is 11.5 Å². The second-order valence-corrected chi connectivity index (χ2v) is 4.49. The minimum absolute atomic E-state index is 0.0395. The topological polar surface area (TPSA) is 84.5 Å². The van der Waals surface area contributed by atoms with Crippen LogP contribution in [0.25, 0.3) is 11.3 Å². The molecule has 22 heavy (non-hydrogen) atoms. The van der Waals surface area contributed by atoms with Gasteiger partial charge in [-0.2, -0.15) is 5.26 Å². The normalized spacial score (nSPS) is 10.1. The summed E-state index contributed by atoms with van der Waals surface area (Å²) >= 11 is 0. The molecule has 0 atom stereocenters. The standard InChI is InChI=1S/C16H16N2O4/c1-21-14-6-4-11(9-15(14)22-2)13-5-3-12(10-17)16(20)18(13)7-8-19/h3-6,9,19H,7-8H2,1-2H3. The van der Waals surface area contributed by atoms with Crippen molar-refractivity contribution < 1.29 is 14.6 Å². The molecule has 0 bridgehead atoms. The number of aliphatic hydroxyl groups excluding tert-OH is 1. The molecule has 114 valence electrons. The van der Waals surface area contributed by atoms with Gasteiger partial charge < -0.3 is 19.1 Å². The van der Waals surface area contributed by atoms with E-state index in [9.17, 15) is 9.90 Å². The maximum atomic E-state index is 12.2. The first kappa shape index (κ1) is 15.6. The number of benzene rings is 1. The smallest absolute Gasteiger partial charge is 0.269 e. The molecule has 1 heterocycles. The summed E-state index contributed by atoms with van der Waals surface area (Å²) in [5, 5.41) is 18.1. The largest absolute Gasteiger partial charge is 0.493 e. The lowest BCUT2D eigenvalue weighted by Crippen LogP contribution is -2.25. The zero-order valence-electron chi connectivity index (χ0n) is 12.4. The Morgan fingerprint density at radius 3 is 2.50 bits per heavy atom. The number of ether oxygens (including phenoxy) is 2. The third-order valence-corrected chi connectivity index (χ3v) is 3.30. The van der Waals surface area contributed by atoms with Crippen LogP contribution in [-0.4, -0.2) is 30.5 Å². The van der Waals surface area contributed by atoms with E-state index in [1.807, 2.05) is 6.07 Å². The van der Waals surface area contributed by atoms with Crippen LogP contribution in [0.4, 0.5) is 0 Å². The maximum Gasteiger partial charge on any atom is 0.269 e. The van der Waals surface area contributed by atoms with E-state index < -0.39 is 5.56 Å². The van der Waals surface area contributed by atoms with E-state index >= 15 is 0 Å². The Morgan fingerprint density at radius 1 is 1.18 bits per heavy atom. The summed E-state index contributed by atoms with van der Waals surface area (Å²) in [7, 11) is 3.07. The van der Waals surface area contributed by atoms with Gasteiger partial charge in [-0.05, 0) is 30.3 Å². The predicted molar refractivity (Wildman–Crippen MR) is 81.0 cm³/mol. The van der Waals surface area contributed by atoms with Crippen molar-refractivity contribution in [3.05, 3.63) is 46.2 Å². The van der Waals surface area contributed by atoms with E-state index in [-0.39, 0.29) is 18.7 Å². The molecule has 0 spiro atoms. The molecule has 6 nitrogen and oxygen atoms in total. The first-order valence-electron chi connectivity index (χ1n) is 6.63. The summed E-state index contributed by atoms with van der Waals surface area (Å²) in [4.78, 5) is 12.2. The molecule has 0 radical (unpaired) electrons. The molecule has 0 saturated carbocycles. The van der Waals surface area contributed by atoms with Gasteiger partial charge in [-0.25, -0.2) is 0 Å². The number of pyridine rings is 1. The van der Waals surface area contributed by atoms with Gasteiger partial charge >= 0.3 is 0 Å². The van der Waals surface area contributed by atoms with Crippen molar-refractivity contribution in [2.45, 2.75) is 6.54 Å². The van der Waals surface area contributed by atoms with Gasteiger partial charge in [0, 0.05) is 12.1 Å². The van der Waals surface area contributed by atoms with Crippen LogP contribution in [0.1, 0.15) is 5.56 Å². The number of rotatable bonds is 5. The summed E-state index contributed by atoms with van der Waals surface area (Å²) in [6.45, 7) is -0.0902. The minimum atomic E-state index is -0.427. The number of aliphatic hydroxyl groups is 1. The van der Waals surface area contributed by atoms with Crippen molar-refractivity contribution in [2.24, 2.45) is 0 Å². The van der Waals surface area contributed by atoms with Crippen molar-refractivity contribution in [3.8, 4) is 28.8 Å². The number of hydrogen-bond donors (Lipinski definition) is 1. The molecule has 0 aliphatic rings. The minimum Gasteiger partial charge on any atom is -0.493 e. The summed E-state index contributed by atoms with van der Waals surface area (Å²) in [6.07, 6.45) is 0. The van der Waals surface area contributed by atoms with Gasteiger partial charge in [0.05, 0.1) is 26.5 Å². The molecule has 0 saturated heterocycles. The first-order chi connectivity index (χ1) is 10.7. The lowest BCUT2D eigenvalue weighted by atomic mass is 10.1. The summed E-state index contributed by atoms with van der Waals surface area (Å²) in [5.74, 6) is 1.11. The highest BCUT2D eigenvalue weighted by Gasteiger charge is 2.12. The van der Waals surface area contributed by atoms with Gasteiger partial charge in [0.25, 0.3) is 5.56 Å². The fourth-order valence-electron chi connectivity index (χ4n) is 2.23. The number of hydrogen-bond acceptors (Lipinski definition) is 5. The van der Waals surface area contributed by atoms with Crippen LogP contribution < -0.4 is 15.0 Å². The lowest BCUT2D eigenvalue weighted by Gasteiger charge is -2.14. The van der Waals surface area contributed by atoms with Gasteiger partial charge in [-0.3, -0.25) is 4.79 Å². The fourth-order valence-corrected chi connectivity index (χ4v) is 2.23. The average Bonchev–Trinajstić information content (AvgIpc) is 2.56. The van der Waals surface area contributed by atoms with Crippen LogP contribution in [0.2, 0.25) is 0 Å². The molecule has 1 N–H and O–H groups in total. The van der Waals surface area contributed by atoms with Gasteiger partial charge in [-0.1, -0.05) is 0 Å². The van der Waals surface area contributed by atoms with Gasteiger partial charge in [-0.15, -0.1) is 0 Å². The average molecular weight is 300 g/mol. The Bertz CT molecular complexity index is 775. The van der Waals surface area contributed by atoms with Crippen molar-refractivity contribution in [3.63, 3.8) is 0 Å². The highest BCUT2D eigenvalue weighted by atomic mass is 16.5. The molecule has 1 aromatic carbocycles. The zero-order valence-corrected chi connectivity index (χ0v) is 12.4. The highest BCUT2D eigenvalue weighted by Crippen LogP contribution is 2.31. The van der Waals surface area contributed by atoms with E-state index in [0.29, 0.717) is 17.2 Å². The molecule has 0 amide bonds. The van der Waals surface area contributed by atoms with E-state index in [4.69, 9.17) is 14.7 Å². The van der Waals surface area contributed by atoms with Crippen molar-refractivity contribution in [2.75, 3.05) is 20.8 Å². The first-order valence-corrected chi connectivity index (χ1v) is 6.63. The molecule has 0 unspecified atom stereocenters. The van der Waals surface area contributed by atoms with Gasteiger partial charge in [0.15, 0.2) is 11.5 Å². The molecular weight excluding hydrogens is 284 g/mol. The van der Waals surface area contributed by atoms with E-state index in [2.05, 4.69) is 0 Å². The Balaban J connectivity index is 2.64. The lowest BCUT2D eigenvalue weighted by molar-refractivity contribution is 0.275. The number of nitrogens with zero attached hydrogens (tertiary/aromatic N) is 2. The van der Waals surface area contributed by atoms with Crippen LogP contribution in [-0.2, 0) is 6.54 Å². The molecule has 0 aliphatic carbocycles. The number of nitriles is 1. The number of aromatic nitrogens is 1. The molecule has 1 aromatic heterocycles. The van der Waals surface area contributed by atoms with Crippen molar-refractivity contribution in [1.82, 2.24) is 4.57 Å². The van der Waals surface area contributed by atoms with E-state index in [1.54, 1.807) is 31.4 Å². The summed E-state index contributed by atoms with van der Waals surface area (Å²) in [5.41, 5.74) is 0.938. The highest BCUT2D eigenvalue weighted by molar-refractivity contribution is 5.65. The maximum absolute atomic E-state index is 12.2. The van der Waals surface area contributed by atoms with Crippen LogP contribution in [0.15, 0.2) is 35.1 Å². The fraction of sp³-hybridized carbons (Fsp3) is 0.250. The third kappa shape index (κ3) is 2.80. The van der Waals surface area contributed by atoms with Crippen LogP contribution in [0.3, 0.4) is 0 Å². The van der Waals surface area contributed by atoms with Gasteiger partial charge in [0.2, 0.25) is 0 Å². The van der Waals surface area contributed by atoms with E-state index in [1.165, 1.54) is 17.7 Å². The second kappa shape index (κ2) is 6.78. The molecule has 0 aliphatic heterocycles. The molecule has 2 rings (SSSR count). The second-order valence-electron chi connectivity index (χ2n) is 4.49. The third-order valence-electron chi connectivity index (χ3n) is 3.30. The summed E-state index contributed by atoms with van der Waals surface area (Å²) < 4.78 is 11.8. The van der Waals surface area contributed by atoms with Crippen LogP contribution >= 0.6 is 0 Å². The van der Waals surface area contributed by atoms with Gasteiger partial charge in [0.1, 0.15) is 11.6 Å². The van der Waals surface area contributed by atoms with E-state index in [0.717, 1.165) is 5.56 Å². The molecule has 6 heteroatoms. The Labute approximate surface area is 127 Å². The quantitative estimate of drug-likeness (QED) is 0.902. The number of methoxy groups -OCH3 is 2. The van der Waals surface area contributed by atoms with Crippen molar-refractivity contribution in [1.29, 1.82) is 5.26 Å². The Kier molecular flexibility index (Phi) is 4.81. The predicted octanol–water partition coefficient (Wildman–Crippen LogP) is 1.40. The molecular formula is C16H16N2O4. The monoisotopic (exact) mass is 300 g/mol. The molecule has 0 fully saturated rings. The Hall–Kier alpha value is -2.78. The zero-order chi connectivity index (χ0) is 16.1. The Morgan fingerprint density at radius 2 is 1.91 bits per heavy atom.